The number of esters is 1. The van der Waals surface area contributed by atoms with Crippen LogP contribution in [0.25, 0.3) is 0 Å². The van der Waals surface area contributed by atoms with Crippen LogP contribution in [0, 0.1) is 0 Å². The standard InChI is InChI=1S/C25H30O5/c1-5-15-27-16-17-28-22-11-7-20(8-12-22)25(3,4)21-9-13-23(14-10-21)29-18-19-30-24(26)6-2/h5-15H,2,16-19H2,1,3-4H3. The van der Waals surface area contributed by atoms with Crippen molar-refractivity contribution in [2.75, 3.05) is 26.4 Å². The van der Waals surface area contributed by atoms with Gasteiger partial charge >= 0.3 is 5.97 Å². The van der Waals surface area contributed by atoms with Crippen LogP contribution in [0.15, 0.2) is 73.5 Å². The molecule has 0 unspecified atom stereocenters. The molecule has 0 aliphatic carbocycles. The molecule has 0 aliphatic rings. The van der Waals surface area contributed by atoms with Crippen LogP contribution in [0.4, 0.5) is 0 Å². The van der Waals surface area contributed by atoms with Crippen LogP contribution in [0.2, 0.25) is 0 Å². The maximum Gasteiger partial charge on any atom is 0.330 e. The molecule has 5 heteroatoms. The lowest BCUT2D eigenvalue weighted by Gasteiger charge is -2.26. The van der Waals surface area contributed by atoms with Gasteiger partial charge in [0.15, 0.2) is 0 Å². The second-order valence-electron chi connectivity index (χ2n) is 7.08. The van der Waals surface area contributed by atoms with Crippen LogP contribution in [0.5, 0.6) is 11.5 Å². The van der Waals surface area contributed by atoms with E-state index in [-0.39, 0.29) is 12.0 Å². The fraction of sp³-hybridized carbons (Fsp3) is 0.320. The van der Waals surface area contributed by atoms with Gasteiger partial charge in [-0.15, -0.1) is 0 Å². The number of hydrogen-bond donors (Lipinski definition) is 0. The first-order valence-corrected chi connectivity index (χ1v) is 9.96. The van der Waals surface area contributed by atoms with E-state index in [0.717, 1.165) is 17.6 Å². The van der Waals surface area contributed by atoms with Crippen molar-refractivity contribution in [3.8, 4) is 11.5 Å². The molecule has 0 aliphatic heterocycles. The molecular formula is C25H30O5. The van der Waals surface area contributed by atoms with Gasteiger partial charge in [-0.1, -0.05) is 50.8 Å². The molecule has 0 fully saturated rings. The molecule has 30 heavy (non-hydrogen) atoms. The van der Waals surface area contributed by atoms with E-state index >= 15 is 0 Å². The summed E-state index contributed by atoms with van der Waals surface area (Å²) in [5.74, 6) is 1.10. The molecule has 0 atom stereocenters. The quantitative estimate of drug-likeness (QED) is 0.212. The Hall–Kier alpha value is -3.21. The van der Waals surface area contributed by atoms with E-state index in [2.05, 4.69) is 32.6 Å². The zero-order chi connectivity index (χ0) is 21.8. The largest absolute Gasteiger partial charge is 0.498 e. The number of allylic oxidation sites excluding steroid dienone is 1. The highest BCUT2D eigenvalue weighted by atomic mass is 16.6. The first-order chi connectivity index (χ1) is 14.5. The Morgan fingerprint density at radius 2 is 1.37 bits per heavy atom. The van der Waals surface area contributed by atoms with Gasteiger partial charge in [-0.05, 0) is 42.3 Å². The third-order valence-electron chi connectivity index (χ3n) is 4.62. The predicted molar refractivity (Wildman–Crippen MR) is 118 cm³/mol. The number of rotatable bonds is 12. The second-order valence-corrected chi connectivity index (χ2v) is 7.08. The van der Waals surface area contributed by atoms with Crippen LogP contribution in [-0.2, 0) is 19.7 Å². The van der Waals surface area contributed by atoms with Crippen molar-refractivity contribution < 1.29 is 23.7 Å². The van der Waals surface area contributed by atoms with E-state index in [1.54, 1.807) is 6.26 Å². The van der Waals surface area contributed by atoms with E-state index in [1.165, 1.54) is 11.1 Å². The normalized spacial score (nSPS) is 11.2. The van der Waals surface area contributed by atoms with Crippen LogP contribution in [0.3, 0.4) is 0 Å². The van der Waals surface area contributed by atoms with E-state index in [9.17, 15) is 4.79 Å². The molecule has 0 spiro atoms. The molecule has 2 rings (SSSR count). The summed E-state index contributed by atoms with van der Waals surface area (Å²) in [7, 11) is 0. The predicted octanol–water partition coefficient (Wildman–Crippen LogP) is 5.05. The van der Waals surface area contributed by atoms with Gasteiger partial charge in [0.25, 0.3) is 0 Å². The maximum absolute atomic E-state index is 11.0. The Morgan fingerprint density at radius 3 is 1.83 bits per heavy atom. The molecule has 0 amide bonds. The van der Waals surface area contributed by atoms with Crippen molar-refractivity contribution in [1.29, 1.82) is 0 Å². The van der Waals surface area contributed by atoms with Crippen LogP contribution in [-0.4, -0.2) is 32.4 Å². The molecule has 0 heterocycles. The summed E-state index contributed by atoms with van der Waals surface area (Å²) < 4.78 is 21.5. The van der Waals surface area contributed by atoms with Crippen molar-refractivity contribution >= 4 is 5.97 Å². The average Bonchev–Trinajstić information content (AvgIpc) is 2.77. The SMILES string of the molecule is C=CC(=O)OCCOc1ccc(C(C)(C)c2ccc(OCCOC=CC)cc2)cc1. The Bertz CT molecular complexity index is 820. The molecule has 2 aromatic carbocycles. The van der Waals surface area contributed by atoms with Crippen molar-refractivity contribution in [2.24, 2.45) is 0 Å². The summed E-state index contributed by atoms with van der Waals surface area (Å²) in [6.07, 6.45) is 4.63. The molecule has 0 saturated carbocycles. The molecule has 0 bridgehead atoms. The fourth-order valence-electron chi connectivity index (χ4n) is 2.83. The smallest absolute Gasteiger partial charge is 0.330 e. The lowest BCUT2D eigenvalue weighted by Crippen LogP contribution is -2.18. The van der Waals surface area contributed by atoms with Gasteiger partial charge in [-0.2, -0.15) is 0 Å². The number of hydrogen-bond acceptors (Lipinski definition) is 5. The van der Waals surface area contributed by atoms with Crippen LogP contribution >= 0.6 is 0 Å². The minimum Gasteiger partial charge on any atom is -0.498 e. The molecule has 5 nitrogen and oxygen atoms in total. The summed E-state index contributed by atoms with van der Waals surface area (Å²) in [6, 6.07) is 16.1. The summed E-state index contributed by atoms with van der Waals surface area (Å²) in [6.45, 7) is 11.1. The molecule has 0 radical (unpaired) electrons. The topological polar surface area (TPSA) is 54.0 Å². The van der Waals surface area contributed by atoms with Crippen molar-refractivity contribution in [3.05, 3.63) is 84.7 Å². The fourth-order valence-corrected chi connectivity index (χ4v) is 2.83. The van der Waals surface area contributed by atoms with Crippen LogP contribution in [0.1, 0.15) is 31.9 Å². The van der Waals surface area contributed by atoms with Gasteiger partial charge in [0, 0.05) is 11.5 Å². The summed E-state index contributed by atoms with van der Waals surface area (Å²) in [5.41, 5.74) is 2.18. The first kappa shape index (κ1) is 23.1. The second kappa shape index (κ2) is 11.7. The summed E-state index contributed by atoms with van der Waals surface area (Å²) in [5, 5.41) is 0. The zero-order valence-electron chi connectivity index (χ0n) is 17.9. The minimum absolute atomic E-state index is 0.175. The minimum atomic E-state index is -0.450. The highest BCUT2D eigenvalue weighted by Gasteiger charge is 2.23. The summed E-state index contributed by atoms with van der Waals surface area (Å²) >= 11 is 0. The zero-order valence-corrected chi connectivity index (χ0v) is 17.9. The first-order valence-electron chi connectivity index (χ1n) is 9.96. The van der Waals surface area contributed by atoms with E-state index < -0.39 is 5.97 Å². The Kier molecular flexibility index (Phi) is 9.01. The van der Waals surface area contributed by atoms with Gasteiger partial charge in [-0.3, -0.25) is 0 Å². The average molecular weight is 411 g/mol. The molecule has 2 aromatic rings. The van der Waals surface area contributed by atoms with Gasteiger partial charge in [0.05, 0.1) is 6.26 Å². The molecule has 0 aromatic heterocycles. The third-order valence-corrected chi connectivity index (χ3v) is 4.62. The van der Waals surface area contributed by atoms with Crippen LogP contribution < -0.4 is 9.47 Å². The molecule has 160 valence electrons. The third kappa shape index (κ3) is 6.99. The number of benzene rings is 2. The number of carbonyl (C=O) groups is 1. The molecule has 0 N–H and O–H groups in total. The maximum atomic E-state index is 11.0. The van der Waals surface area contributed by atoms with Crippen molar-refractivity contribution in [1.82, 2.24) is 0 Å². The monoisotopic (exact) mass is 410 g/mol. The van der Waals surface area contributed by atoms with Crippen molar-refractivity contribution in [2.45, 2.75) is 26.2 Å². The Morgan fingerprint density at radius 1 is 0.867 bits per heavy atom. The molecule has 0 saturated heterocycles. The number of ether oxygens (including phenoxy) is 4. The van der Waals surface area contributed by atoms with E-state index in [1.807, 2.05) is 49.4 Å². The Balaban J connectivity index is 1.90. The van der Waals surface area contributed by atoms with E-state index in [4.69, 9.17) is 18.9 Å². The highest BCUT2D eigenvalue weighted by Crippen LogP contribution is 2.33. The lowest BCUT2D eigenvalue weighted by atomic mass is 9.78. The van der Waals surface area contributed by atoms with Gasteiger partial charge in [-0.25, -0.2) is 4.79 Å². The molecular weight excluding hydrogens is 380 g/mol. The van der Waals surface area contributed by atoms with E-state index in [0.29, 0.717) is 19.8 Å². The number of carbonyl (C=O) groups excluding carboxylic acids is 1. The van der Waals surface area contributed by atoms with Gasteiger partial charge in [0.1, 0.15) is 37.9 Å². The summed E-state index contributed by atoms with van der Waals surface area (Å²) in [4.78, 5) is 11.0. The van der Waals surface area contributed by atoms with Crippen molar-refractivity contribution in [3.63, 3.8) is 0 Å². The van der Waals surface area contributed by atoms with Gasteiger partial charge < -0.3 is 18.9 Å². The van der Waals surface area contributed by atoms with Gasteiger partial charge in [0.2, 0.25) is 0 Å². The highest BCUT2D eigenvalue weighted by molar-refractivity contribution is 5.81. The lowest BCUT2D eigenvalue weighted by molar-refractivity contribution is -0.138. The Labute approximate surface area is 178 Å².